The average molecular weight is 124 g/mol. The number of aliphatic hydroxyl groups excluding tert-OH is 1. The predicted octanol–water partition coefficient (Wildman–Crippen LogP) is -1.22. The number of rotatable bonds is 2. The summed E-state index contributed by atoms with van der Waals surface area (Å²) in [6.07, 6.45) is -0.979. The zero-order valence-corrected chi connectivity index (χ0v) is 4.53. The van der Waals surface area contributed by atoms with E-state index in [0.717, 1.165) is 0 Å². The van der Waals surface area contributed by atoms with Crippen molar-refractivity contribution in [2.24, 2.45) is 5.73 Å². The van der Waals surface area contributed by atoms with Crippen LogP contribution in [0.1, 0.15) is 6.92 Å². The largest absolute Gasteiger partial charge is 0.480 e. The minimum Gasteiger partial charge on any atom is -0.480 e. The number of hydrogen-bond donors (Lipinski definition) is 3. The fraction of sp³-hybridized carbons (Fsp3) is 0.750. The summed E-state index contributed by atoms with van der Waals surface area (Å²) in [6.45, 7) is 1.33. The quantitative estimate of drug-likeness (QED) is 0.318. The Kier molecular flexibility index (Phi) is 2.44. The Morgan fingerprint density at radius 2 is 2.12 bits per heavy atom. The van der Waals surface area contributed by atoms with Crippen molar-refractivity contribution in [2.75, 3.05) is 0 Å². The van der Waals surface area contributed by atoms with Gasteiger partial charge in [-0.2, -0.15) is 0 Å². The Morgan fingerprint density at radius 3 is 2.12 bits per heavy atom. The molecule has 48 valence electrons. The van der Waals surface area contributed by atoms with Crippen molar-refractivity contribution >= 4 is 5.97 Å². The van der Waals surface area contributed by atoms with E-state index in [1.54, 1.807) is 0 Å². The fourth-order valence-electron chi connectivity index (χ4n) is 0.206. The molecule has 0 fully saturated rings. The molecule has 0 aliphatic carbocycles. The third-order valence-electron chi connectivity index (χ3n) is 0.805. The van der Waals surface area contributed by atoms with Crippen molar-refractivity contribution in [3.8, 4) is 0 Å². The zero-order valence-electron chi connectivity index (χ0n) is 4.53. The number of nitrogens with two attached hydrogens (primary N) is 1. The van der Waals surface area contributed by atoms with Crippen molar-refractivity contribution in [1.82, 2.24) is 0 Å². The first-order chi connectivity index (χ1) is 3.55. The molecule has 0 aromatic heterocycles. The fourth-order valence-corrected chi connectivity index (χ4v) is 0.206. The molecule has 2 atom stereocenters. The van der Waals surface area contributed by atoms with Crippen LogP contribution in [0.5, 0.6) is 0 Å². The van der Waals surface area contributed by atoms with Crippen LogP contribution in [0.3, 0.4) is 0 Å². The van der Waals surface area contributed by atoms with E-state index in [-0.39, 0.29) is 0 Å². The Morgan fingerprint density at radius 1 is 1.75 bits per heavy atom. The van der Waals surface area contributed by atoms with Crippen LogP contribution in [0.15, 0.2) is 0 Å². The highest BCUT2D eigenvalue weighted by molar-refractivity contribution is 5.73. The van der Waals surface area contributed by atoms with Gasteiger partial charge in [-0.3, -0.25) is 4.79 Å². The lowest BCUT2D eigenvalue weighted by atomic mass is 11.2. The molecule has 0 saturated carbocycles. The SMILES string of the molecule is [13CH3][13C@@H](O)[13C@H]([15NH2])[13C](=O)O. The molecule has 0 rings (SSSR count). The van der Waals surface area contributed by atoms with Gasteiger partial charge in [0.1, 0.15) is 6.04 Å². The molecule has 4 heteroatoms. The van der Waals surface area contributed by atoms with Crippen LogP contribution in [-0.4, -0.2) is 28.3 Å². The summed E-state index contributed by atoms with van der Waals surface area (Å²) in [5.74, 6) is -1.18. The zero-order chi connectivity index (χ0) is 6.73. The smallest absolute Gasteiger partial charge is 0.323 e. The highest BCUT2D eigenvalue weighted by atomic mass is 16.5. The molecule has 0 aromatic carbocycles. The first-order valence-corrected chi connectivity index (χ1v) is 2.22. The van der Waals surface area contributed by atoms with Crippen LogP contribution in [-0.2, 0) is 4.79 Å². The number of carboxylic acids is 1. The van der Waals surface area contributed by atoms with Gasteiger partial charge >= 0.3 is 5.97 Å². The van der Waals surface area contributed by atoms with Gasteiger partial charge in [0.25, 0.3) is 0 Å². The lowest BCUT2D eigenvalue weighted by Crippen LogP contribution is -2.39. The molecule has 4 N–H and O–H groups in total. The molecule has 0 unspecified atom stereocenters. The molecule has 8 heavy (non-hydrogen) atoms. The lowest BCUT2D eigenvalue weighted by Gasteiger charge is -2.06. The molecular formula is C4H9NO3. The molecule has 0 amide bonds. The van der Waals surface area contributed by atoms with Crippen LogP contribution in [0.4, 0.5) is 0 Å². The normalized spacial score (nSPS) is 17.4. The topological polar surface area (TPSA) is 83.5 Å². The molecule has 0 aliphatic rings. The number of carboxylic acid groups (broad SMARTS) is 1. The maximum Gasteiger partial charge on any atom is 0.323 e. The predicted molar refractivity (Wildman–Crippen MR) is 27.3 cm³/mol. The van der Waals surface area contributed by atoms with E-state index in [9.17, 15) is 4.79 Å². The van der Waals surface area contributed by atoms with Crippen LogP contribution in [0.25, 0.3) is 0 Å². The van der Waals surface area contributed by atoms with Crippen LogP contribution >= 0.6 is 0 Å². The number of aliphatic hydroxyl groups is 1. The first kappa shape index (κ1) is 7.39. The minimum absolute atomic E-state index is 0.979. The summed E-state index contributed by atoms with van der Waals surface area (Å²) in [5, 5.41) is 16.6. The van der Waals surface area contributed by atoms with Gasteiger partial charge in [0, 0.05) is 0 Å². The van der Waals surface area contributed by atoms with Crippen molar-refractivity contribution in [3.05, 3.63) is 0 Å². The van der Waals surface area contributed by atoms with Crippen molar-refractivity contribution in [3.63, 3.8) is 0 Å². The van der Waals surface area contributed by atoms with Gasteiger partial charge in [0.2, 0.25) is 0 Å². The Hall–Kier alpha value is -0.610. The summed E-state index contributed by atoms with van der Waals surface area (Å²) in [7, 11) is 0. The van der Waals surface area contributed by atoms with E-state index in [1.165, 1.54) is 6.92 Å². The van der Waals surface area contributed by atoms with Gasteiger partial charge in [0.05, 0.1) is 6.10 Å². The second-order valence-electron chi connectivity index (χ2n) is 1.60. The summed E-state index contributed by atoms with van der Waals surface area (Å²) in [6, 6.07) is -1.16. The van der Waals surface area contributed by atoms with Gasteiger partial charge in [-0.05, 0) is 6.92 Å². The molecule has 0 heterocycles. The molecule has 0 radical (unpaired) electrons. The van der Waals surface area contributed by atoms with Crippen LogP contribution in [0.2, 0.25) is 0 Å². The highest BCUT2D eigenvalue weighted by Gasteiger charge is 2.16. The van der Waals surface area contributed by atoms with Gasteiger partial charge in [-0.25, -0.2) is 0 Å². The number of hydrogen-bond acceptors (Lipinski definition) is 3. The van der Waals surface area contributed by atoms with Crippen LogP contribution < -0.4 is 5.73 Å². The van der Waals surface area contributed by atoms with E-state index in [2.05, 4.69) is 0 Å². The third kappa shape index (κ3) is 1.90. The summed E-state index contributed by atoms with van der Waals surface area (Å²) >= 11 is 0. The Balaban J connectivity index is 3.64. The van der Waals surface area contributed by atoms with Crippen molar-refractivity contribution in [2.45, 2.75) is 19.1 Å². The maximum absolute atomic E-state index is 9.86. The van der Waals surface area contributed by atoms with Crippen LogP contribution in [0, 0.1) is 0 Å². The second kappa shape index (κ2) is 2.64. The average Bonchev–Trinajstić information content (AvgIpc) is 1.64. The van der Waals surface area contributed by atoms with Gasteiger partial charge in [-0.15, -0.1) is 0 Å². The first-order valence-electron chi connectivity index (χ1n) is 2.22. The molecule has 0 aliphatic heterocycles. The number of aliphatic carboxylic acids is 1. The molecule has 0 saturated heterocycles. The lowest BCUT2D eigenvalue weighted by molar-refractivity contribution is -0.140. The Labute approximate surface area is 46.9 Å². The van der Waals surface area contributed by atoms with Crippen molar-refractivity contribution in [1.29, 1.82) is 0 Å². The van der Waals surface area contributed by atoms with Gasteiger partial charge in [-0.1, -0.05) is 0 Å². The third-order valence-corrected chi connectivity index (χ3v) is 0.805. The van der Waals surface area contributed by atoms with E-state index in [0.29, 0.717) is 0 Å². The molecular weight excluding hydrogens is 115 g/mol. The van der Waals surface area contributed by atoms with Gasteiger partial charge < -0.3 is 15.9 Å². The standard InChI is InChI=1S/C4H9NO3/c1-2(6)3(5)4(7)8/h2-3,6H,5H2,1H3,(H,7,8)/t2-,3+/m1/s1/i1+1,2+1,3+1,4+1,5+1. The highest BCUT2D eigenvalue weighted by Crippen LogP contribution is 1.85. The van der Waals surface area contributed by atoms with E-state index < -0.39 is 18.1 Å². The Bertz CT molecular complexity index is 91.3. The van der Waals surface area contributed by atoms with E-state index in [4.69, 9.17) is 15.9 Å². The molecule has 0 aromatic rings. The summed E-state index contributed by atoms with van der Waals surface area (Å²) < 4.78 is 0. The molecule has 0 spiro atoms. The second-order valence-corrected chi connectivity index (χ2v) is 1.60. The summed E-state index contributed by atoms with van der Waals surface area (Å²) in [5.41, 5.74) is 4.91. The van der Waals surface area contributed by atoms with Gasteiger partial charge in [0.15, 0.2) is 0 Å². The van der Waals surface area contributed by atoms with Crippen molar-refractivity contribution < 1.29 is 15.0 Å². The molecule has 4 nitrogen and oxygen atoms in total. The molecule has 0 bridgehead atoms. The monoisotopic (exact) mass is 124 g/mol. The van der Waals surface area contributed by atoms with E-state index >= 15 is 0 Å². The minimum atomic E-state index is -1.18. The summed E-state index contributed by atoms with van der Waals surface area (Å²) in [4.78, 5) is 9.86. The maximum atomic E-state index is 9.86. The van der Waals surface area contributed by atoms with E-state index in [1.807, 2.05) is 0 Å². The number of carbonyl (C=O) groups is 1.